The average molecular weight is 285 g/mol. The minimum atomic E-state index is 0.409. The standard InChI is InChI=1S/C11H5N6O2S/c1-2-18-11(12-1)9-10(20-5-13-9)8-6(4-19-16-8)7-3-14-17-15-7/h1-4H,(H,14,15,17). The third-order valence-corrected chi connectivity index (χ3v) is 3.41. The predicted molar refractivity (Wildman–Crippen MR) is 67.3 cm³/mol. The molecule has 0 saturated heterocycles. The number of thiazole rings is 1. The van der Waals surface area contributed by atoms with E-state index in [1.54, 1.807) is 12.4 Å². The quantitative estimate of drug-likeness (QED) is 0.613. The minimum Gasteiger partial charge on any atom is -0.443 e. The lowest BCUT2D eigenvalue weighted by Gasteiger charge is -1.96. The van der Waals surface area contributed by atoms with Crippen LogP contribution in [0.5, 0.6) is 0 Å². The van der Waals surface area contributed by atoms with Crippen LogP contribution in [0.4, 0.5) is 0 Å². The molecule has 9 heteroatoms. The Morgan fingerprint density at radius 3 is 3.10 bits per heavy atom. The molecular formula is C11H5N6O2S. The molecule has 1 radical (unpaired) electrons. The highest BCUT2D eigenvalue weighted by Gasteiger charge is 2.22. The molecule has 4 aromatic rings. The van der Waals surface area contributed by atoms with Gasteiger partial charge in [0.1, 0.15) is 29.6 Å². The number of nitrogens with one attached hydrogen (secondary N) is 1. The van der Waals surface area contributed by atoms with E-state index in [1.165, 1.54) is 23.9 Å². The molecule has 0 amide bonds. The third kappa shape index (κ3) is 1.64. The van der Waals surface area contributed by atoms with Gasteiger partial charge in [-0.25, -0.2) is 9.97 Å². The first-order valence-electron chi connectivity index (χ1n) is 5.52. The molecule has 0 fully saturated rings. The summed E-state index contributed by atoms with van der Waals surface area (Å²) < 4.78 is 10.3. The van der Waals surface area contributed by atoms with Crippen LogP contribution < -0.4 is 0 Å². The smallest absolute Gasteiger partial charge is 0.246 e. The molecule has 1 N–H and O–H groups in total. The molecule has 0 aliphatic heterocycles. The van der Waals surface area contributed by atoms with E-state index in [0.717, 1.165) is 4.88 Å². The van der Waals surface area contributed by atoms with Crippen molar-refractivity contribution < 1.29 is 8.94 Å². The zero-order valence-corrected chi connectivity index (χ0v) is 10.6. The second kappa shape index (κ2) is 4.38. The van der Waals surface area contributed by atoms with Gasteiger partial charge in [-0.1, -0.05) is 10.4 Å². The Morgan fingerprint density at radius 2 is 2.30 bits per heavy atom. The normalized spacial score (nSPS) is 11.0. The van der Waals surface area contributed by atoms with Crippen molar-refractivity contribution >= 4 is 11.3 Å². The number of oxazole rings is 1. The molecule has 0 saturated carbocycles. The van der Waals surface area contributed by atoms with Crippen molar-refractivity contribution in [2.45, 2.75) is 0 Å². The number of aromatic nitrogens is 6. The first-order chi connectivity index (χ1) is 9.93. The van der Waals surface area contributed by atoms with Gasteiger partial charge in [0.25, 0.3) is 0 Å². The lowest BCUT2D eigenvalue weighted by atomic mass is 10.1. The van der Waals surface area contributed by atoms with Crippen molar-refractivity contribution in [2.24, 2.45) is 0 Å². The van der Waals surface area contributed by atoms with Crippen LogP contribution in [-0.4, -0.2) is 30.5 Å². The van der Waals surface area contributed by atoms with Crippen molar-refractivity contribution in [3.63, 3.8) is 0 Å². The summed E-state index contributed by atoms with van der Waals surface area (Å²) in [5.74, 6) is 0.409. The summed E-state index contributed by atoms with van der Waals surface area (Å²) >= 11 is 1.30. The predicted octanol–water partition coefficient (Wildman–Crippen LogP) is 2.04. The summed E-state index contributed by atoms with van der Waals surface area (Å²) in [6.45, 7) is 0. The fraction of sp³-hybridized carbons (Fsp3) is 0. The van der Waals surface area contributed by atoms with Crippen molar-refractivity contribution in [3.05, 3.63) is 30.4 Å². The highest BCUT2D eigenvalue weighted by Crippen LogP contribution is 2.37. The minimum absolute atomic E-state index is 0.409. The molecule has 0 spiro atoms. The van der Waals surface area contributed by atoms with E-state index in [0.29, 0.717) is 28.5 Å². The number of aromatic amines is 1. The first kappa shape index (κ1) is 11.1. The van der Waals surface area contributed by atoms with Gasteiger partial charge in [0.05, 0.1) is 22.8 Å². The fourth-order valence-corrected chi connectivity index (χ4v) is 2.48. The van der Waals surface area contributed by atoms with Gasteiger partial charge >= 0.3 is 0 Å². The maximum absolute atomic E-state index is 5.27. The number of hydrogen-bond donors (Lipinski definition) is 1. The second-order valence-corrected chi connectivity index (χ2v) is 4.55. The highest BCUT2D eigenvalue weighted by molar-refractivity contribution is 7.13. The molecule has 20 heavy (non-hydrogen) atoms. The number of nitrogens with zero attached hydrogens (tertiary/aromatic N) is 5. The summed E-state index contributed by atoms with van der Waals surface area (Å²) in [6.07, 6.45) is 6.21. The van der Waals surface area contributed by atoms with Crippen molar-refractivity contribution in [1.82, 2.24) is 30.5 Å². The molecule has 4 heterocycles. The molecule has 0 bridgehead atoms. The zero-order chi connectivity index (χ0) is 13.4. The Balaban J connectivity index is 1.88. The summed E-state index contributed by atoms with van der Waals surface area (Å²) in [5.41, 5.74) is 5.33. The van der Waals surface area contributed by atoms with Crippen LogP contribution >= 0.6 is 11.3 Å². The van der Waals surface area contributed by atoms with Gasteiger partial charge in [-0.05, 0) is 0 Å². The molecule has 0 atom stereocenters. The number of rotatable bonds is 3. The maximum atomic E-state index is 5.27. The van der Waals surface area contributed by atoms with Crippen molar-refractivity contribution in [1.29, 1.82) is 0 Å². The monoisotopic (exact) mass is 285 g/mol. The van der Waals surface area contributed by atoms with Crippen LogP contribution in [-0.2, 0) is 0 Å². The van der Waals surface area contributed by atoms with E-state index in [1.807, 2.05) is 0 Å². The Hall–Kier alpha value is -2.81. The van der Waals surface area contributed by atoms with Crippen molar-refractivity contribution in [2.75, 3.05) is 0 Å². The van der Waals surface area contributed by atoms with Gasteiger partial charge in [-0.15, -0.1) is 16.4 Å². The molecule has 4 aromatic heterocycles. The van der Waals surface area contributed by atoms with Gasteiger partial charge < -0.3 is 8.94 Å². The Morgan fingerprint density at radius 1 is 1.30 bits per heavy atom. The Kier molecular flexibility index (Phi) is 2.42. The van der Waals surface area contributed by atoms with Gasteiger partial charge in [-0.3, -0.25) is 5.10 Å². The maximum Gasteiger partial charge on any atom is 0.246 e. The molecule has 4 rings (SSSR count). The van der Waals surface area contributed by atoms with Gasteiger partial charge in [0.15, 0.2) is 5.51 Å². The summed E-state index contributed by atoms with van der Waals surface area (Å²) in [4.78, 5) is 8.98. The van der Waals surface area contributed by atoms with E-state index < -0.39 is 0 Å². The SMILES string of the molecule is [c]1nc(-c2ncco2)c(-c2nocc2-c2c[nH]nn2)s1. The largest absolute Gasteiger partial charge is 0.443 e. The molecule has 0 aromatic carbocycles. The third-order valence-electron chi connectivity index (χ3n) is 2.63. The summed E-state index contributed by atoms with van der Waals surface area (Å²) in [6, 6.07) is 0. The van der Waals surface area contributed by atoms with Crippen LogP contribution in [0.3, 0.4) is 0 Å². The average Bonchev–Trinajstić information content (AvgIpc) is 3.23. The summed E-state index contributed by atoms with van der Waals surface area (Å²) in [5, 5.41) is 14.3. The zero-order valence-electron chi connectivity index (χ0n) is 9.77. The molecule has 0 aliphatic rings. The highest BCUT2D eigenvalue weighted by atomic mass is 32.1. The van der Waals surface area contributed by atoms with Gasteiger partial charge in [-0.2, -0.15) is 0 Å². The topological polar surface area (TPSA) is 107 Å². The van der Waals surface area contributed by atoms with Crippen LogP contribution in [0, 0.1) is 5.51 Å². The van der Waals surface area contributed by atoms with E-state index in [-0.39, 0.29) is 0 Å². The molecule has 97 valence electrons. The fourth-order valence-electron chi connectivity index (χ4n) is 1.77. The Labute approximate surface area is 115 Å². The number of hydrogen-bond acceptors (Lipinski definition) is 8. The van der Waals surface area contributed by atoms with Crippen molar-refractivity contribution in [3.8, 4) is 33.4 Å². The molecule has 0 aliphatic carbocycles. The van der Waals surface area contributed by atoms with Crippen LogP contribution in [0.15, 0.2) is 33.9 Å². The lowest BCUT2D eigenvalue weighted by molar-refractivity contribution is 0.423. The first-order valence-corrected chi connectivity index (χ1v) is 6.33. The van der Waals surface area contributed by atoms with E-state index in [4.69, 9.17) is 8.94 Å². The van der Waals surface area contributed by atoms with E-state index in [9.17, 15) is 0 Å². The van der Waals surface area contributed by atoms with Crippen LogP contribution in [0.25, 0.3) is 33.4 Å². The Bertz CT molecular complexity index is 746. The van der Waals surface area contributed by atoms with Gasteiger partial charge in [0, 0.05) is 0 Å². The van der Waals surface area contributed by atoms with Crippen LogP contribution in [0.2, 0.25) is 0 Å². The number of H-pyrrole nitrogens is 1. The molecule has 0 unspecified atom stereocenters. The second-order valence-electron chi connectivity index (χ2n) is 3.76. The summed E-state index contributed by atoms with van der Waals surface area (Å²) in [7, 11) is 0. The van der Waals surface area contributed by atoms with E-state index in [2.05, 4.69) is 36.0 Å². The molecular weight excluding hydrogens is 280 g/mol. The van der Waals surface area contributed by atoms with E-state index >= 15 is 0 Å². The van der Waals surface area contributed by atoms with Gasteiger partial charge in [0.2, 0.25) is 5.89 Å². The molecule has 8 nitrogen and oxygen atoms in total. The lowest BCUT2D eigenvalue weighted by Crippen LogP contribution is -1.85. The van der Waals surface area contributed by atoms with Crippen LogP contribution in [0.1, 0.15) is 0 Å².